The smallest absolute Gasteiger partial charge is 0.271 e. The van der Waals surface area contributed by atoms with Gasteiger partial charge in [0.1, 0.15) is 11.5 Å². The first-order chi connectivity index (χ1) is 20.4. The van der Waals surface area contributed by atoms with Crippen LogP contribution in [0.2, 0.25) is 0 Å². The summed E-state index contributed by atoms with van der Waals surface area (Å²) in [6.45, 7) is 1.80. The number of ether oxygens (including phenoxy) is 1. The van der Waals surface area contributed by atoms with Crippen LogP contribution in [-0.2, 0) is 4.79 Å². The summed E-state index contributed by atoms with van der Waals surface area (Å²) in [4.78, 5) is 33.9. The predicted octanol–water partition coefficient (Wildman–Crippen LogP) is 6.39. The fourth-order valence-electron chi connectivity index (χ4n) is 4.67. The maximum Gasteiger partial charge on any atom is 0.271 e. The van der Waals surface area contributed by atoms with Gasteiger partial charge in [-0.1, -0.05) is 71.6 Å². The highest BCUT2D eigenvalue weighted by Gasteiger charge is 2.32. The molecule has 1 atom stereocenters. The Hall–Kier alpha value is -4.12. The molecule has 3 heterocycles. The van der Waals surface area contributed by atoms with E-state index in [1.807, 2.05) is 91.0 Å². The number of nitrogens with one attached hydrogen (secondary N) is 1. The van der Waals surface area contributed by atoms with Gasteiger partial charge in [-0.15, -0.1) is 0 Å². The fourth-order valence-corrected chi connectivity index (χ4v) is 7.05. The zero-order valence-electron chi connectivity index (χ0n) is 22.5. The molecule has 42 heavy (non-hydrogen) atoms. The van der Waals surface area contributed by atoms with Crippen molar-refractivity contribution < 1.29 is 13.9 Å². The molecule has 3 aromatic carbocycles. The van der Waals surface area contributed by atoms with Crippen molar-refractivity contribution in [2.75, 3.05) is 12.4 Å². The molecule has 10 heteroatoms. The number of furan rings is 1. The summed E-state index contributed by atoms with van der Waals surface area (Å²) in [6.07, 6.45) is 1.72. The molecule has 5 aromatic rings. The molecule has 0 spiro atoms. The Morgan fingerprint density at radius 1 is 1.07 bits per heavy atom. The van der Waals surface area contributed by atoms with Gasteiger partial charge in [-0.2, -0.15) is 0 Å². The van der Waals surface area contributed by atoms with Gasteiger partial charge in [0.25, 0.3) is 11.5 Å². The zero-order chi connectivity index (χ0) is 29.2. The van der Waals surface area contributed by atoms with E-state index in [9.17, 15) is 9.59 Å². The number of aromatic nitrogens is 1. The number of carbonyl (C=O) groups excluding carboxylic acids is 1. The summed E-state index contributed by atoms with van der Waals surface area (Å²) in [5.74, 6) is 0.883. The Bertz CT molecular complexity index is 1980. The molecule has 210 valence electrons. The molecule has 7 nitrogen and oxygen atoms in total. The van der Waals surface area contributed by atoms with Crippen LogP contribution in [-0.4, -0.2) is 17.6 Å². The number of anilines is 1. The molecule has 1 N–H and O–H groups in total. The van der Waals surface area contributed by atoms with Crippen LogP contribution in [0.4, 0.5) is 5.69 Å². The maximum atomic E-state index is 14.0. The summed E-state index contributed by atoms with van der Waals surface area (Å²) in [5, 5.41) is 3.65. The summed E-state index contributed by atoms with van der Waals surface area (Å²) in [7, 11) is 1.59. The van der Waals surface area contributed by atoms with Crippen molar-refractivity contribution >= 4 is 56.7 Å². The van der Waals surface area contributed by atoms with Gasteiger partial charge in [-0.05, 0) is 70.9 Å². The lowest BCUT2D eigenvalue weighted by Crippen LogP contribution is -2.40. The molecule has 0 fully saturated rings. The second-order valence-corrected chi connectivity index (χ2v) is 12.3. The predicted molar refractivity (Wildman–Crippen MR) is 169 cm³/mol. The number of halogens is 1. The molecule has 0 radical (unpaired) electrons. The van der Waals surface area contributed by atoms with Gasteiger partial charge in [-0.25, -0.2) is 4.99 Å². The summed E-state index contributed by atoms with van der Waals surface area (Å²) in [6, 6.07) is 27.6. The number of nitrogens with zero attached hydrogens (tertiary/aromatic N) is 2. The summed E-state index contributed by atoms with van der Waals surface area (Å²) < 4.78 is 14.3. The SMILES string of the molecule is COc1ccc([C@@H]2C(C(=O)Nc3ccccc3)=C(C)N=c3s/c(=C/c4cc(Br)c(Sc5ccccc5)o4)c(=O)n32)cc1. The quantitative estimate of drug-likeness (QED) is 0.219. The fraction of sp³-hybridized carbons (Fsp3) is 0.0938. The van der Waals surface area contributed by atoms with E-state index < -0.39 is 6.04 Å². The average molecular weight is 659 g/mol. The lowest BCUT2D eigenvalue weighted by atomic mass is 9.95. The van der Waals surface area contributed by atoms with Crippen LogP contribution in [0.3, 0.4) is 0 Å². The van der Waals surface area contributed by atoms with Gasteiger partial charge in [-0.3, -0.25) is 14.2 Å². The average Bonchev–Trinajstić information content (AvgIpc) is 3.50. The molecular formula is C32H24BrN3O4S2. The Balaban J connectivity index is 1.43. The van der Waals surface area contributed by atoms with Crippen molar-refractivity contribution in [1.29, 1.82) is 0 Å². The van der Waals surface area contributed by atoms with Gasteiger partial charge in [0, 0.05) is 16.7 Å². The van der Waals surface area contributed by atoms with Crippen LogP contribution in [0.1, 0.15) is 24.3 Å². The molecule has 0 saturated heterocycles. The molecule has 2 aromatic heterocycles. The highest BCUT2D eigenvalue weighted by molar-refractivity contribution is 9.10. The number of hydrogen-bond donors (Lipinski definition) is 1. The number of carbonyl (C=O) groups is 1. The summed E-state index contributed by atoms with van der Waals surface area (Å²) >= 11 is 6.33. The van der Waals surface area contributed by atoms with E-state index in [2.05, 4.69) is 21.2 Å². The maximum absolute atomic E-state index is 14.0. The Morgan fingerprint density at radius 2 is 1.76 bits per heavy atom. The van der Waals surface area contributed by atoms with Gasteiger partial charge >= 0.3 is 0 Å². The van der Waals surface area contributed by atoms with Crippen LogP contribution >= 0.6 is 39.0 Å². The second-order valence-electron chi connectivity index (χ2n) is 9.37. The third kappa shape index (κ3) is 5.65. The van der Waals surface area contributed by atoms with Crippen LogP contribution in [0, 0.1) is 0 Å². The van der Waals surface area contributed by atoms with Crippen LogP contribution in [0.25, 0.3) is 6.08 Å². The van der Waals surface area contributed by atoms with E-state index in [4.69, 9.17) is 14.1 Å². The van der Waals surface area contributed by atoms with Crippen molar-refractivity contribution in [3.63, 3.8) is 0 Å². The molecule has 0 unspecified atom stereocenters. The standard InChI is InChI=1S/C32H24BrN3O4S2/c1-19-27(29(37)35-21-9-5-3-6-10-21)28(20-13-15-22(39-2)16-14-20)36-30(38)26(42-32(36)34-19)18-23-17-25(33)31(40-23)41-24-11-7-4-8-12-24/h3-18,28H,1-2H3,(H,35,37)/b26-18+/t28-/m1/s1. The highest BCUT2D eigenvalue weighted by Crippen LogP contribution is 2.36. The van der Waals surface area contributed by atoms with E-state index >= 15 is 0 Å². The molecule has 0 aliphatic carbocycles. The van der Waals surface area contributed by atoms with E-state index in [1.54, 1.807) is 24.7 Å². The molecule has 6 rings (SSSR count). The van der Waals surface area contributed by atoms with Crippen LogP contribution < -0.4 is 24.9 Å². The van der Waals surface area contributed by atoms with E-state index in [0.29, 0.717) is 42.9 Å². The van der Waals surface area contributed by atoms with Crippen molar-refractivity contribution in [3.8, 4) is 5.75 Å². The lowest BCUT2D eigenvalue weighted by Gasteiger charge is -2.25. The highest BCUT2D eigenvalue weighted by atomic mass is 79.9. The lowest BCUT2D eigenvalue weighted by molar-refractivity contribution is -0.113. The Morgan fingerprint density at radius 3 is 2.45 bits per heavy atom. The zero-order valence-corrected chi connectivity index (χ0v) is 25.8. The van der Waals surface area contributed by atoms with Gasteiger partial charge < -0.3 is 14.5 Å². The molecule has 1 aliphatic rings. The van der Waals surface area contributed by atoms with Crippen LogP contribution in [0.15, 0.2) is 131 Å². The second kappa shape index (κ2) is 12.0. The minimum Gasteiger partial charge on any atom is -0.497 e. The number of benzene rings is 3. The summed E-state index contributed by atoms with van der Waals surface area (Å²) in [5.41, 5.74) is 2.09. The largest absolute Gasteiger partial charge is 0.497 e. The van der Waals surface area contributed by atoms with Crippen molar-refractivity contribution in [2.45, 2.75) is 23.0 Å². The first-order valence-corrected chi connectivity index (χ1v) is 15.4. The van der Waals surface area contributed by atoms with Gasteiger partial charge in [0.15, 0.2) is 9.89 Å². The number of amides is 1. The third-order valence-corrected chi connectivity index (χ3v) is 9.46. The number of allylic oxidation sites excluding steroid dienone is 1. The molecular weight excluding hydrogens is 634 g/mol. The normalized spacial score (nSPS) is 14.8. The number of methoxy groups -OCH3 is 1. The number of rotatable bonds is 7. The number of hydrogen-bond acceptors (Lipinski definition) is 7. The third-order valence-electron chi connectivity index (χ3n) is 6.63. The van der Waals surface area contributed by atoms with Crippen molar-refractivity contribution in [2.24, 2.45) is 4.99 Å². The van der Waals surface area contributed by atoms with E-state index in [0.717, 1.165) is 14.9 Å². The number of fused-ring (bicyclic) bond motifs is 1. The van der Waals surface area contributed by atoms with Crippen molar-refractivity contribution in [1.82, 2.24) is 4.57 Å². The monoisotopic (exact) mass is 657 g/mol. The van der Waals surface area contributed by atoms with E-state index in [1.165, 1.54) is 23.1 Å². The Kier molecular flexibility index (Phi) is 8.01. The number of thiazole rings is 1. The first-order valence-electron chi connectivity index (χ1n) is 13.0. The molecule has 1 aliphatic heterocycles. The minimum absolute atomic E-state index is 0.262. The minimum atomic E-state index is -0.689. The van der Waals surface area contributed by atoms with Crippen LogP contribution in [0.5, 0.6) is 5.75 Å². The molecule has 0 saturated carbocycles. The van der Waals surface area contributed by atoms with Gasteiger partial charge in [0.2, 0.25) is 0 Å². The van der Waals surface area contributed by atoms with Crippen molar-refractivity contribution in [3.05, 3.63) is 138 Å². The topological polar surface area (TPSA) is 85.8 Å². The Labute approximate surface area is 258 Å². The molecule has 1 amide bonds. The van der Waals surface area contributed by atoms with E-state index in [-0.39, 0.29) is 11.5 Å². The first kappa shape index (κ1) is 28.0. The van der Waals surface area contributed by atoms with Gasteiger partial charge in [0.05, 0.1) is 33.4 Å². The number of para-hydroxylation sites is 1. The molecule has 0 bridgehead atoms.